The van der Waals surface area contributed by atoms with Crippen LogP contribution in [0.2, 0.25) is 0 Å². The van der Waals surface area contributed by atoms with Crippen molar-refractivity contribution in [3.05, 3.63) is 16.1 Å². The second-order valence-electron chi connectivity index (χ2n) is 5.01. The molecule has 0 bridgehead atoms. The molecular formula is C12H15F3N2O2S. The van der Waals surface area contributed by atoms with Gasteiger partial charge < -0.3 is 4.74 Å². The van der Waals surface area contributed by atoms with Crippen molar-refractivity contribution in [1.82, 2.24) is 9.88 Å². The van der Waals surface area contributed by atoms with E-state index in [1.54, 1.807) is 13.8 Å². The lowest BCUT2D eigenvalue weighted by molar-refractivity contribution is -0.137. The zero-order chi connectivity index (χ0) is 15.0. The highest BCUT2D eigenvalue weighted by Gasteiger charge is 2.40. The molecule has 1 aromatic heterocycles. The third-order valence-electron chi connectivity index (χ3n) is 3.33. The summed E-state index contributed by atoms with van der Waals surface area (Å²) in [7, 11) is 0. The lowest BCUT2D eigenvalue weighted by Gasteiger charge is -2.39. The van der Waals surface area contributed by atoms with Crippen LogP contribution in [0.5, 0.6) is 0 Å². The van der Waals surface area contributed by atoms with Crippen LogP contribution in [0, 0.1) is 0 Å². The molecule has 0 unspecified atom stereocenters. The molecule has 0 aromatic carbocycles. The summed E-state index contributed by atoms with van der Waals surface area (Å²) in [5, 5.41) is -0.987. The fourth-order valence-electron chi connectivity index (χ4n) is 2.08. The van der Waals surface area contributed by atoms with Gasteiger partial charge in [0.15, 0.2) is 10.8 Å². The number of carbonyl (C=O) groups is 1. The van der Waals surface area contributed by atoms with Crippen LogP contribution in [-0.2, 0) is 10.9 Å². The van der Waals surface area contributed by atoms with Gasteiger partial charge in [0.05, 0.1) is 23.6 Å². The van der Waals surface area contributed by atoms with Crippen molar-refractivity contribution in [2.75, 3.05) is 26.3 Å². The first kappa shape index (κ1) is 15.4. The lowest BCUT2D eigenvalue weighted by atomic mass is 9.95. The number of carbonyl (C=O) groups excluding carboxylic acids is 1. The third kappa shape index (κ3) is 3.02. The van der Waals surface area contributed by atoms with Gasteiger partial charge in [0, 0.05) is 19.3 Å². The van der Waals surface area contributed by atoms with Crippen molar-refractivity contribution >= 4 is 17.1 Å². The number of rotatable bonds is 3. The van der Waals surface area contributed by atoms with E-state index in [-0.39, 0.29) is 10.7 Å². The van der Waals surface area contributed by atoms with Crippen LogP contribution in [-0.4, -0.2) is 47.5 Å². The summed E-state index contributed by atoms with van der Waals surface area (Å²) in [6, 6.07) is 0. The number of hydrogen-bond acceptors (Lipinski definition) is 5. The number of hydrogen-bond donors (Lipinski definition) is 0. The molecule has 1 aromatic rings. The quantitative estimate of drug-likeness (QED) is 0.805. The maximum Gasteiger partial charge on any atom is 0.443 e. The molecule has 0 atom stereocenters. The standard InChI is InChI=1S/C12H15F3N2O2S/c1-11(2,17-3-5-19-6-4-17)9(18)8-7-16-10(20-8)12(13,14)15/h7H,3-6H2,1-2H3. The maximum atomic E-state index is 12.5. The smallest absolute Gasteiger partial charge is 0.379 e. The minimum Gasteiger partial charge on any atom is -0.379 e. The fraction of sp³-hybridized carbons (Fsp3) is 0.667. The van der Waals surface area contributed by atoms with E-state index in [9.17, 15) is 18.0 Å². The number of nitrogens with zero attached hydrogens (tertiary/aromatic N) is 2. The molecule has 112 valence electrons. The molecule has 1 saturated heterocycles. The van der Waals surface area contributed by atoms with Crippen molar-refractivity contribution < 1.29 is 22.7 Å². The summed E-state index contributed by atoms with van der Waals surface area (Å²) in [6.07, 6.45) is -3.50. The van der Waals surface area contributed by atoms with E-state index in [0.29, 0.717) is 37.6 Å². The number of thiazole rings is 1. The second kappa shape index (κ2) is 5.42. The molecule has 8 heteroatoms. The largest absolute Gasteiger partial charge is 0.443 e. The van der Waals surface area contributed by atoms with Gasteiger partial charge in [0.1, 0.15) is 0 Å². The first-order valence-corrected chi connectivity index (χ1v) is 6.95. The Hall–Kier alpha value is -0.990. The van der Waals surface area contributed by atoms with Gasteiger partial charge in [0.2, 0.25) is 0 Å². The van der Waals surface area contributed by atoms with E-state index in [2.05, 4.69) is 4.98 Å². The van der Waals surface area contributed by atoms with Crippen molar-refractivity contribution in [3.63, 3.8) is 0 Å². The van der Waals surface area contributed by atoms with Crippen LogP contribution >= 0.6 is 11.3 Å². The Morgan fingerprint density at radius 3 is 2.45 bits per heavy atom. The van der Waals surface area contributed by atoms with Crippen LogP contribution in [0.4, 0.5) is 13.2 Å². The van der Waals surface area contributed by atoms with Crippen molar-refractivity contribution in [1.29, 1.82) is 0 Å². The highest BCUT2D eigenvalue weighted by Crippen LogP contribution is 2.34. The molecule has 0 spiro atoms. The topological polar surface area (TPSA) is 42.4 Å². The maximum absolute atomic E-state index is 12.5. The highest BCUT2D eigenvalue weighted by molar-refractivity contribution is 7.13. The van der Waals surface area contributed by atoms with E-state index in [1.807, 2.05) is 4.90 Å². The highest BCUT2D eigenvalue weighted by atomic mass is 32.1. The summed E-state index contributed by atoms with van der Waals surface area (Å²) >= 11 is 0.395. The minimum absolute atomic E-state index is 0.0359. The average Bonchev–Trinajstić information content (AvgIpc) is 2.88. The summed E-state index contributed by atoms with van der Waals surface area (Å²) in [6.45, 7) is 5.65. The molecule has 0 aliphatic carbocycles. The molecule has 4 nitrogen and oxygen atoms in total. The molecule has 1 fully saturated rings. The van der Waals surface area contributed by atoms with Crippen molar-refractivity contribution in [2.45, 2.75) is 25.6 Å². The molecular weight excluding hydrogens is 293 g/mol. The first-order chi connectivity index (χ1) is 9.23. The van der Waals surface area contributed by atoms with Crippen LogP contribution in [0.15, 0.2) is 6.20 Å². The van der Waals surface area contributed by atoms with E-state index in [4.69, 9.17) is 4.74 Å². The molecule has 1 aliphatic heterocycles. The van der Waals surface area contributed by atoms with E-state index >= 15 is 0 Å². The number of Topliss-reactive ketones (excluding diaryl/α,β-unsaturated/α-hetero) is 1. The number of alkyl halides is 3. The summed E-state index contributed by atoms with van der Waals surface area (Å²) in [5.74, 6) is -0.340. The van der Waals surface area contributed by atoms with E-state index in [0.717, 1.165) is 6.20 Å². The van der Waals surface area contributed by atoms with Crippen LogP contribution in [0.3, 0.4) is 0 Å². The third-order valence-corrected chi connectivity index (χ3v) is 4.37. The molecule has 0 saturated carbocycles. The number of aromatic nitrogens is 1. The van der Waals surface area contributed by atoms with Crippen LogP contribution in [0.1, 0.15) is 28.5 Å². The van der Waals surface area contributed by atoms with Gasteiger partial charge >= 0.3 is 6.18 Å². The molecule has 0 radical (unpaired) electrons. The molecule has 0 amide bonds. The van der Waals surface area contributed by atoms with Crippen LogP contribution < -0.4 is 0 Å². The van der Waals surface area contributed by atoms with Crippen LogP contribution in [0.25, 0.3) is 0 Å². The van der Waals surface area contributed by atoms with Gasteiger partial charge in [-0.15, -0.1) is 11.3 Å². The Balaban J connectivity index is 2.19. The zero-order valence-electron chi connectivity index (χ0n) is 11.2. The Morgan fingerprint density at radius 2 is 1.95 bits per heavy atom. The normalized spacial score (nSPS) is 18.2. The summed E-state index contributed by atoms with van der Waals surface area (Å²) in [4.78, 5) is 17.7. The average molecular weight is 308 g/mol. The summed E-state index contributed by atoms with van der Waals surface area (Å²) < 4.78 is 42.8. The molecule has 2 rings (SSSR count). The van der Waals surface area contributed by atoms with Gasteiger partial charge in [0.25, 0.3) is 0 Å². The Labute approximate surface area is 118 Å². The Morgan fingerprint density at radius 1 is 1.35 bits per heavy atom. The Kier molecular flexibility index (Phi) is 4.17. The summed E-state index contributed by atoms with van der Waals surface area (Å²) in [5.41, 5.74) is -0.862. The molecule has 20 heavy (non-hydrogen) atoms. The molecule has 1 aliphatic rings. The number of halogens is 3. The van der Waals surface area contributed by atoms with Gasteiger partial charge in [-0.1, -0.05) is 0 Å². The van der Waals surface area contributed by atoms with Crippen molar-refractivity contribution in [3.8, 4) is 0 Å². The van der Waals surface area contributed by atoms with Gasteiger partial charge in [-0.25, -0.2) is 4.98 Å². The zero-order valence-corrected chi connectivity index (χ0v) is 12.0. The number of ether oxygens (including phenoxy) is 1. The minimum atomic E-state index is -4.51. The van der Waals surface area contributed by atoms with E-state index < -0.39 is 16.7 Å². The monoisotopic (exact) mass is 308 g/mol. The van der Waals surface area contributed by atoms with Gasteiger partial charge in [-0.3, -0.25) is 9.69 Å². The SMILES string of the molecule is CC(C)(C(=O)c1cnc(C(F)(F)F)s1)N1CCOCC1. The number of ketones is 1. The van der Waals surface area contributed by atoms with Gasteiger partial charge in [-0.05, 0) is 13.8 Å². The predicted octanol–water partition coefficient (Wildman–Crippen LogP) is 2.46. The fourth-order valence-corrected chi connectivity index (χ4v) is 2.95. The molecule has 0 N–H and O–H groups in total. The number of morpholine rings is 1. The predicted molar refractivity (Wildman–Crippen MR) is 67.9 cm³/mol. The van der Waals surface area contributed by atoms with E-state index in [1.165, 1.54) is 0 Å². The Bertz CT molecular complexity index is 493. The molecule has 2 heterocycles. The first-order valence-electron chi connectivity index (χ1n) is 6.13. The van der Waals surface area contributed by atoms with Crippen molar-refractivity contribution in [2.24, 2.45) is 0 Å². The van der Waals surface area contributed by atoms with Gasteiger partial charge in [-0.2, -0.15) is 13.2 Å². The lowest BCUT2D eigenvalue weighted by Crippen LogP contribution is -2.54. The second-order valence-corrected chi connectivity index (χ2v) is 6.05.